The summed E-state index contributed by atoms with van der Waals surface area (Å²) in [4.78, 5) is 28.2. The summed E-state index contributed by atoms with van der Waals surface area (Å²) >= 11 is 0. The van der Waals surface area contributed by atoms with Crippen LogP contribution in [0.15, 0.2) is 54.6 Å². The maximum atomic E-state index is 13.4. The first-order valence-electron chi connectivity index (χ1n) is 12.0. The van der Waals surface area contributed by atoms with Crippen molar-refractivity contribution in [2.75, 3.05) is 17.1 Å². The van der Waals surface area contributed by atoms with Crippen molar-refractivity contribution in [3.8, 4) is 0 Å². The number of nitrogens with zero attached hydrogens (tertiary/aromatic N) is 2. The molecule has 2 amide bonds. The summed E-state index contributed by atoms with van der Waals surface area (Å²) in [6.45, 7) is 10.1. The van der Waals surface area contributed by atoms with E-state index in [4.69, 9.17) is 0 Å². The van der Waals surface area contributed by atoms with Gasteiger partial charge >= 0.3 is 0 Å². The number of benzene rings is 2. The molecule has 7 nitrogen and oxygen atoms in total. The summed E-state index contributed by atoms with van der Waals surface area (Å²) in [5.74, 6) is -0.369. The summed E-state index contributed by atoms with van der Waals surface area (Å²) < 4.78 is 26.1. The number of sulfonamides is 1. The molecular formula is C27H39N3O4S. The molecule has 2 aromatic rings. The lowest BCUT2D eigenvalue weighted by atomic mass is 10.0. The lowest BCUT2D eigenvalue weighted by Crippen LogP contribution is -2.53. The summed E-state index contributed by atoms with van der Waals surface area (Å²) in [6.07, 6.45) is 2.10. The van der Waals surface area contributed by atoms with Gasteiger partial charge in [-0.3, -0.25) is 13.9 Å². The molecule has 0 radical (unpaired) electrons. The number of rotatable bonds is 11. The number of hydrogen-bond acceptors (Lipinski definition) is 4. The Labute approximate surface area is 210 Å². The van der Waals surface area contributed by atoms with Gasteiger partial charge in [0.15, 0.2) is 0 Å². The van der Waals surface area contributed by atoms with Crippen LogP contribution < -0.4 is 9.62 Å². The fourth-order valence-corrected chi connectivity index (χ4v) is 4.94. The van der Waals surface area contributed by atoms with Crippen molar-refractivity contribution < 1.29 is 18.0 Å². The lowest BCUT2D eigenvalue weighted by molar-refractivity contribution is -0.142. The van der Waals surface area contributed by atoms with Gasteiger partial charge < -0.3 is 10.2 Å². The molecule has 8 heteroatoms. The Bertz CT molecular complexity index is 1090. The first kappa shape index (κ1) is 28.4. The monoisotopic (exact) mass is 501 g/mol. The number of nitrogens with one attached hydrogen (secondary N) is 1. The second kappa shape index (κ2) is 12.2. The number of carbonyl (C=O) groups excluding carboxylic acids is 2. The third-order valence-electron chi connectivity index (χ3n) is 5.52. The van der Waals surface area contributed by atoms with Crippen molar-refractivity contribution in [1.29, 1.82) is 0 Å². The van der Waals surface area contributed by atoms with Crippen LogP contribution in [0, 0.1) is 6.92 Å². The second-order valence-electron chi connectivity index (χ2n) is 9.95. The van der Waals surface area contributed by atoms with Crippen molar-refractivity contribution in [3.05, 3.63) is 65.7 Å². The molecule has 0 heterocycles. The van der Waals surface area contributed by atoms with Gasteiger partial charge in [-0.05, 0) is 58.2 Å². The summed E-state index contributed by atoms with van der Waals surface area (Å²) in [5.41, 5.74) is 2.17. The molecule has 0 aliphatic rings. The fourth-order valence-electron chi connectivity index (χ4n) is 3.98. The Kier molecular flexibility index (Phi) is 9.89. The Hall–Kier alpha value is -2.87. The highest BCUT2D eigenvalue weighted by atomic mass is 32.2. The first-order valence-corrected chi connectivity index (χ1v) is 13.9. The molecule has 192 valence electrons. The summed E-state index contributed by atoms with van der Waals surface area (Å²) in [5, 5.41) is 3.00. The zero-order valence-electron chi connectivity index (χ0n) is 21.7. The van der Waals surface area contributed by atoms with E-state index in [9.17, 15) is 18.0 Å². The van der Waals surface area contributed by atoms with Crippen molar-refractivity contribution >= 4 is 27.5 Å². The molecule has 0 bridgehead atoms. The Balaban J connectivity index is 2.22. The zero-order chi connectivity index (χ0) is 26.2. The van der Waals surface area contributed by atoms with E-state index < -0.39 is 21.6 Å². The molecule has 1 unspecified atom stereocenters. The number of aryl methyl sites for hydroxylation is 1. The maximum Gasteiger partial charge on any atom is 0.243 e. The molecule has 2 aromatic carbocycles. The Morgan fingerprint density at radius 2 is 1.69 bits per heavy atom. The quantitative estimate of drug-likeness (QED) is 0.498. The molecule has 0 aliphatic heterocycles. The Morgan fingerprint density at radius 3 is 2.23 bits per heavy atom. The smallest absolute Gasteiger partial charge is 0.243 e. The van der Waals surface area contributed by atoms with Crippen LogP contribution in [0.5, 0.6) is 0 Å². The first-order chi connectivity index (χ1) is 16.3. The largest absolute Gasteiger partial charge is 0.350 e. The van der Waals surface area contributed by atoms with Gasteiger partial charge in [0, 0.05) is 25.0 Å². The number of amides is 2. The average molecular weight is 502 g/mol. The van der Waals surface area contributed by atoms with E-state index >= 15 is 0 Å². The third kappa shape index (κ3) is 9.02. The van der Waals surface area contributed by atoms with Crippen LogP contribution in [0.25, 0.3) is 0 Å². The number of hydrogen-bond donors (Lipinski definition) is 1. The molecule has 0 saturated heterocycles. The molecule has 0 spiro atoms. The predicted octanol–water partition coefficient (Wildman–Crippen LogP) is 4.26. The summed E-state index contributed by atoms with van der Waals surface area (Å²) in [6, 6.07) is 16.1. The van der Waals surface area contributed by atoms with Gasteiger partial charge in [0.05, 0.1) is 11.9 Å². The molecule has 0 aromatic heterocycles. The van der Waals surface area contributed by atoms with Gasteiger partial charge in [-0.2, -0.15) is 0 Å². The highest BCUT2D eigenvalue weighted by molar-refractivity contribution is 7.92. The van der Waals surface area contributed by atoms with Crippen molar-refractivity contribution in [2.24, 2.45) is 0 Å². The molecule has 2 rings (SSSR count). The molecule has 0 saturated carbocycles. The Morgan fingerprint density at radius 1 is 1.03 bits per heavy atom. The second-order valence-corrected chi connectivity index (χ2v) is 11.9. The fraction of sp³-hybridized carbons (Fsp3) is 0.481. The van der Waals surface area contributed by atoms with Gasteiger partial charge in [-0.25, -0.2) is 8.42 Å². The van der Waals surface area contributed by atoms with Crippen LogP contribution >= 0.6 is 0 Å². The zero-order valence-corrected chi connectivity index (χ0v) is 22.6. The lowest BCUT2D eigenvalue weighted by Gasteiger charge is -2.33. The van der Waals surface area contributed by atoms with Crippen molar-refractivity contribution in [3.63, 3.8) is 0 Å². The summed E-state index contributed by atoms with van der Waals surface area (Å²) in [7, 11) is -3.50. The van der Waals surface area contributed by atoms with Crippen LogP contribution in [-0.4, -0.2) is 49.5 Å². The minimum Gasteiger partial charge on any atom is -0.350 e. The average Bonchev–Trinajstić information content (AvgIpc) is 2.75. The number of para-hydroxylation sites is 1. The molecular weight excluding hydrogens is 462 g/mol. The van der Waals surface area contributed by atoms with Crippen molar-refractivity contribution in [1.82, 2.24) is 10.2 Å². The van der Waals surface area contributed by atoms with E-state index in [1.165, 1.54) is 4.31 Å². The van der Waals surface area contributed by atoms with Gasteiger partial charge in [-0.15, -0.1) is 0 Å². The SMILES string of the molecule is CCC(C(=O)NC(C)(C)C)N(Cc1cccc(C)c1)C(=O)CCCN(c1ccccc1)S(C)(=O)=O. The van der Waals surface area contributed by atoms with Gasteiger partial charge in [-0.1, -0.05) is 55.0 Å². The van der Waals surface area contributed by atoms with Crippen LogP contribution in [0.3, 0.4) is 0 Å². The molecule has 35 heavy (non-hydrogen) atoms. The van der Waals surface area contributed by atoms with Gasteiger partial charge in [0.25, 0.3) is 0 Å². The molecule has 1 atom stereocenters. The van der Waals surface area contributed by atoms with Gasteiger partial charge in [0.1, 0.15) is 6.04 Å². The van der Waals surface area contributed by atoms with E-state index in [2.05, 4.69) is 5.32 Å². The van der Waals surface area contributed by atoms with Crippen LogP contribution in [0.1, 0.15) is 58.1 Å². The molecule has 1 N–H and O–H groups in total. The van der Waals surface area contributed by atoms with E-state index in [1.807, 2.05) is 65.0 Å². The van der Waals surface area contributed by atoms with E-state index in [1.54, 1.807) is 29.2 Å². The highest BCUT2D eigenvalue weighted by Gasteiger charge is 2.30. The number of anilines is 1. The van der Waals surface area contributed by atoms with Crippen LogP contribution in [0.4, 0.5) is 5.69 Å². The minimum absolute atomic E-state index is 0.129. The highest BCUT2D eigenvalue weighted by Crippen LogP contribution is 2.20. The third-order valence-corrected chi connectivity index (χ3v) is 6.71. The topological polar surface area (TPSA) is 86.8 Å². The van der Waals surface area contributed by atoms with E-state index in [-0.39, 0.29) is 24.8 Å². The van der Waals surface area contributed by atoms with Crippen LogP contribution in [0.2, 0.25) is 0 Å². The van der Waals surface area contributed by atoms with E-state index in [0.29, 0.717) is 25.1 Å². The normalized spacial score (nSPS) is 12.6. The minimum atomic E-state index is -3.50. The molecule has 0 fully saturated rings. The number of carbonyl (C=O) groups is 2. The van der Waals surface area contributed by atoms with Gasteiger partial charge in [0.2, 0.25) is 21.8 Å². The predicted molar refractivity (Wildman–Crippen MR) is 142 cm³/mol. The maximum absolute atomic E-state index is 13.4. The van der Waals surface area contributed by atoms with E-state index in [0.717, 1.165) is 17.4 Å². The standard InChI is InChI=1S/C27H39N3O4S/c1-7-24(26(32)28-27(3,4)5)29(20-22-14-11-13-21(2)19-22)25(31)17-12-18-30(35(6,33)34)23-15-9-8-10-16-23/h8-11,13-16,19,24H,7,12,17-18,20H2,1-6H3,(H,28,32). The van der Waals surface area contributed by atoms with Crippen LogP contribution in [-0.2, 0) is 26.2 Å². The molecule has 0 aliphatic carbocycles. The van der Waals surface area contributed by atoms with Crippen molar-refractivity contribution in [2.45, 2.75) is 72.0 Å².